The molecule has 6 rings (SSSR count). The normalized spacial score (nSPS) is 13.1. The van der Waals surface area contributed by atoms with Crippen LogP contribution in [0.15, 0.2) is 72.9 Å². The molecule has 1 aliphatic heterocycles. The van der Waals surface area contributed by atoms with Crippen molar-refractivity contribution in [3.63, 3.8) is 0 Å². The highest BCUT2D eigenvalue weighted by Crippen LogP contribution is 2.40. The summed E-state index contributed by atoms with van der Waals surface area (Å²) in [7, 11) is 0. The Morgan fingerprint density at radius 2 is 1.68 bits per heavy atom. The van der Waals surface area contributed by atoms with E-state index >= 15 is 0 Å². The van der Waals surface area contributed by atoms with Crippen molar-refractivity contribution in [1.29, 1.82) is 0 Å². The largest absolute Gasteiger partial charge is 0.325 e. The molecule has 0 atom stereocenters. The number of aromatic nitrogens is 2. The van der Waals surface area contributed by atoms with E-state index in [1.807, 2.05) is 49.5 Å². The molecule has 1 aliphatic rings. The van der Waals surface area contributed by atoms with Crippen LogP contribution in [0.4, 0.5) is 10.1 Å². The number of aryl methyl sites for hydroxylation is 5. The van der Waals surface area contributed by atoms with Crippen molar-refractivity contribution in [2.75, 3.05) is 5.32 Å². The number of hydrogen-bond acceptors (Lipinski definition) is 1. The smallest absolute Gasteiger partial charge is 0.273 e. The molecule has 5 aromatic rings. The van der Waals surface area contributed by atoms with Gasteiger partial charge in [-0.1, -0.05) is 30.3 Å². The van der Waals surface area contributed by atoms with Crippen LogP contribution < -0.4 is 5.32 Å². The summed E-state index contributed by atoms with van der Waals surface area (Å²) in [5.41, 5.74) is 11.2. The number of halogens is 1. The number of benzene rings is 3. The molecule has 0 aliphatic carbocycles. The zero-order valence-electron chi connectivity index (χ0n) is 21.4. The molecule has 0 fully saturated rings. The first kappa shape index (κ1) is 23.3. The van der Waals surface area contributed by atoms with E-state index in [-0.39, 0.29) is 11.7 Å². The summed E-state index contributed by atoms with van der Waals surface area (Å²) in [6, 6.07) is 21.0. The van der Waals surface area contributed by atoms with Gasteiger partial charge >= 0.3 is 0 Å². The Labute approximate surface area is 216 Å². The quantitative estimate of drug-likeness (QED) is 0.274. The van der Waals surface area contributed by atoms with E-state index in [9.17, 15) is 9.18 Å². The molecule has 3 heterocycles. The molecule has 1 amide bonds. The minimum Gasteiger partial charge on any atom is -0.325 e. The number of nitrogens with one attached hydrogen (secondary N) is 1. The van der Waals surface area contributed by atoms with Gasteiger partial charge in [0, 0.05) is 29.6 Å². The molecule has 0 bridgehead atoms. The van der Waals surface area contributed by atoms with Crippen LogP contribution in [0.25, 0.3) is 28.0 Å². The van der Waals surface area contributed by atoms with Crippen LogP contribution in [0.3, 0.4) is 0 Å². The summed E-state index contributed by atoms with van der Waals surface area (Å²) >= 11 is 0. The molecule has 0 unspecified atom stereocenters. The fraction of sp³-hybridized carbons (Fsp3) is 0.219. The Bertz CT molecular complexity index is 1660. The van der Waals surface area contributed by atoms with Crippen molar-refractivity contribution in [3.8, 4) is 22.4 Å². The van der Waals surface area contributed by atoms with E-state index in [4.69, 9.17) is 0 Å². The molecular formula is C32H30FN3O. The van der Waals surface area contributed by atoms with Crippen molar-refractivity contribution in [1.82, 2.24) is 8.97 Å². The first-order valence-electron chi connectivity index (χ1n) is 12.9. The average Bonchev–Trinajstić information content (AvgIpc) is 3.29. The summed E-state index contributed by atoms with van der Waals surface area (Å²) in [6.07, 6.45) is 5.04. The highest BCUT2D eigenvalue weighted by molar-refractivity contribution is 6.10. The number of rotatable bonds is 4. The van der Waals surface area contributed by atoms with Gasteiger partial charge < -0.3 is 9.88 Å². The molecule has 37 heavy (non-hydrogen) atoms. The first-order valence-corrected chi connectivity index (χ1v) is 12.9. The molecule has 5 heteroatoms. The molecule has 1 N–H and O–H groups in total. The molecule has 2 aromatic heterocycles. The van der Waals surface area contributed by atoms with Gasteiger partial charge in [0.2, 0.25) is 0 Å². The summed E-state index contributed by atoms with van der Waals surface area (Å²) < 4.78 is 18.1. The third-order valence-corrected chi connectivity index (χ3v) is 7.56. The van der Waals surface area contributed by atoms with E-state index in [1.165, 1.54) is 28.8 Å². The van der Waals surface area contributed by atoms with Gasteiger partial charge in [0.1, 0.15) is 17.2 Å². The number of hydrogen-bond donors (Lipinski definition) is 1. The van der Waals surface area contributed by atoms with Gasteiger partial charge in [-0.05, 0) is 104 Å². The van der Waals surface area contributed by atoms with E-state index in [2.05, 4.69) is 46.3 Å². The predicted octanol–water partition coefficient (Wildman–Crippen LogP) is 7.73. The second-order valence-corrected chi connectivity index (χ2v) is 10.1. The second-order valence-electron chi connectivity index (χ2n) is 10.1. The maximum atomic E-state index is 14.0. The Morgan fingerprint density at radius 1 is 0.892 bits per heavy atom. The Morgan fingerprint density at radius 3 is 2.43 bits per heavy atom. The van der Waals surface area contributed by atoms with Gasteiger partial charge in [-0.15, -0.1) is 0 Å². The van der Waals surface area contributed by atoms with Gasteiger partial charge in [-0.3, -0.25) is 9.20 Å². The Kier molecular flexibility index (Phi) is 5.71. The zero-order chi connectivity index (χ0) is 25.7. The minimum atomic E-state index is -0.256. The van der Waals surface area contributed by atoms with E-state index < -0.39 is 0 Å². The lowest BCUT2D eigenvalue weighted by Gasteiger charge is -2.12. The summed E-state index contributed by atoms with van der Waals surface area (Å²) in [6.45, 7) is 7.10. The Balaban J connectivity index is 1.62. The van der Waals surface area contributed by atoms with Gasteiger partial charge in [-0.2, -0.15) is 0 Å². The fourth-order valence-corrected chi connectivity index (χ4v) is 5.58. The predicted molar refractivity (Wildman–Crippen MR) is 148 cm³/mol. The van der Waals surface area contributed by atoms with Crippen molar-refractivity contribution in [2.45, 2.75) is 46.6 Å². The van der Waals surface area contributed by atoms with E-state index in [0.717, 1.165) is 65.1 Å². The number of nitrogens with zero attached hydrogens (tertiary/aromatic N) is 2. The number of imidazole rings is 1. The van der Waals surface area contributed by atoms with Gasteiger partial charge in [0.15, 0.2) is 0 Å². The molecular weight excluding hydrogens is 461 g/mol. The summed E-state index contributed by atoms with van der Waals surface area (Å²) in [5.74, 6) is -0.391. The molecule has 0 saturated carbocycles. The van der Waals surface area contributed by atoms with Crippen LogP contribution in [0.1, 0.15) is 45.6 Å². The average molecular weight is 492 g/mol. The monoisotopic (exact) mass is 491 g/mol. The minimum absolute atomic E-state index is 0.136. The first-order chi connectivity index (χ1) is 17.9. The second kappa shape index (κ2) is 9.07. The van der Waals surface area contributed by atoms with Crippen LogP contribution in [0, 0.1) is 26.6 Å². The highest BCUT2D eigenvalue weighted by Gasteiger charge is 2.29. The molecule has 0 spiro atoms. The molecule has 4 nitrogen and oxygen atoms in total. The van der Waals surface area contributed by atoms with Crippen LogP contribution in [-0.2, 0) is 13.0 Å². The summed E-state index contributed by atoms with van der Waals surface area (Å²) in [4.78, 5) is 14.0. The van der Waals surface area contributed by atoms with Gasteiger partial charge in [-0.25, -0.2) is 4.39 Å². The number of anilines is 1. The van der Waals surface area contributed by atoms with E-state index in [1.54, 1.807) is 0 Å². The standard InChI is InChI=1S/C32H30FN3O/c1-20-7-6-8-26(17-20)34-31(37)30-29(24-11-10-21(2)22(3)18-24)27-9-4-5-16-35-28(19-36(30)32(27)35)23-12-14-25(33)15-13-23/h6-8,10-15,17-19H,4-5,9,16H2,1-3H3,(H,34,37). The van der Waals surface area contributed by atoms with E-state index in [0.29, 0.717) is 5.69 Å². The van der Waals surface area contributed by atoms with Crippen molar-refractivity contribution in [3.05, 3.63) is 107 Å². The lowest BCUT2D eigenvalue weighted by atomic mass is 9.95. The fourth-order valence-electron chi connectivity index (χ4n) is 5.58. The number of amides is 1. The SMILES string of the molecule is Cc1cccc(NC(=O)c2c(-c3ccc(C)c(C)c3)c3c4n(c(-c5ccc(F)cc5)cn24)CCCC3)c1. The van der Waals surface area contributed by atoms with Crippen molar-refractivity contribution < 1.29 is 9.18 Å². The lowest BCUT2D eigenvalue weighted by Crippen LogP contribution is -2.15. The van der Waals surface area contributed by atoms with Crippen molar-refractivity contribution >= 4 is 17.2 Å². The van der Waals surface area contributed by atoms with Crippen LogP contribution in [0.5, 0.6) is 0 Å². The molecule has 0 radical (unpaired) electrons. The zero-order valence-corrected chi connectivity index (χ0v) is 21.4. The number of carbonyl (C=O) groups excluding carboxylic acids is 1. The third-order valence-electron chi connectivity index (χ3n) is 7.56. The topological polar surface area (TPSA) is 38.4 Å². The van der Waals surface area contributed by atoms with Crippen molar-refractivity contribution in [2.24, 2.45) is 0 Å². The van der Waals surface area contributed by atoms with Gasteiger partial charge in [0.25, 0.3) is 5.91 Å². The van der Waals surface area contributed by atoms with Crippen LogP contribution in [-0.4, -0.2) is 14.9 Å². The number of carbonyl (C=O) groups is 1. The Hall–Kier alpha value is -4.12. The highest BCUT2D eigenvalue weighted by atomic mass is 19.1. The lowest BCUT2D eigenvalue weighted by molar-refractivity contribution is 0.102. The molecule has 186 valence electrons. The maximum absolute atomic E-state index is 14.0. The maximum Gasteiger partial charge on any atom is 0.273 e. The summed E-state index contributed by atoms with van der Waals surface area (Å²) in [5, 5.41) is 3.16. The molecule has 3 aromatic carbocycles. The van der Waals surface area contributed by atoms with Crippen LogP contribution in [0.2, 0.25) is 0 Å². The molecule has 0 saturated heterocycles. The van der Waals surface area contributed by atoms with Gasteiger partial charge in [0.05, 0.1) is 5.69 Å². The van der Waals surface area contributed by atoms with Crippen LogP contribution >= 0.6 is 0 Å². The third kappa shape index (κ3) is 4.05.